The van der Waals surface area contributed by atoms with Crippen LogP contribution in [0.1, 0.15) is 18.5 Å². The Kier molecular flexibility index (Phi) is 5.32. The maximum absolute atomic E-state index is 12.6. The van der Waals surface area contributed by atoms with Gasteiger partial charge < -0.3 is 14.1 Å². The molecular weight excluding hydrogens is 330 g/mol. The van der Waals surface area contributed by atoms with Crippen molar-refractivity contribution in [3.63, 3.8) is 0 Å². The Morgan fingerprint density at radius 1 is 1.08 bits per heavy atom. The molecule has 2 saturated heterocycles. The molecule has 2 aliphatic rings. The Morgan fingerprint density at radius 2 is 1.81 bits per heavy atom. The molecule has 0 bridgehead atoms. The molecular formula is C20H25N3O3. The van der Waals surface area contributed by atoms with Gasteiger partial charge in [0, 0.05) is 31.1 Å². The molecule has 0 aliphatic carbocycles. The molecule has 2 aliphatic heterocycles. The Morgan fingerprint density at radius 3 is 2.54 bits per heavy atom. The molecule has 4 rings (SSSR count). The fourth-order valence-corrected chi connectivity index (χ4v) is 3.70. The summed E-state index contributed by atoms with van der Waals surface area (Å²) in [6.45, 7) is 5.43. The number of rotatable bonds is 4. The van der Waals surface area contributed by atoms with E-state index in [1.165, 1.54) is 0 Å². The van der Waals surface area contributed by atoms with Crippen LogP contribution in [-0.4, -0.2) is 60.1 Å². The third-order valence-electron chi connectivity index (χ3n) is 5.22. The molecule has 2 aromatic rings. The van der Waals surface area contributed by atoms with E-state index in [2.05, 4.69) is 9.88 Å². The van der Waals surface area contributed by atoms with E-state index in [-0.39, 0.29) is 5.92 Å². The molecule has 0 N–H and O–H groups in total. The standard InChI is InChI=1S/C20H25N3O3/c24-20(23-10-12-25-13-11-23)17-6-8-22(9-7-17)14-18-15-26-19(21-18)16-4-2-1-3-5-16/h1-5,15,17H,6-14H2. The number of piperidine rings is 1. The number of oxazole rings is 1. The molecule has 0 radical (unpaired) electrons. The Bertz CT molecular complexity index is 717. The molecule has 2 fully saturated rings. The lowest BCUT2D eigenvalue weighted by Crippen LogP contribution is -2.46. The van der Waals surface area contributed by atoms with E-state index < -0.39 is 0 Å². The van der Waals surface area contributed by atoms with Gasteiger partial charge >= 0.3 is 0 Å². The molecule has 1 amide bonds. The first-order valence-electron chi connectivity index (χ1n) is 9.38. The average Bonchev–Trinajstić information content (AvgIpc) is 3.18. The van der Waals surface area contributed by atoms with Crippen molar-refractivity contribution in [2.45, 2.75) is 19.4 Å². The van der Waals surface area contributed by atoms with Crippen molar-refractivity contribution in [2.24, 2.45) is 5.92 Å². The molecule has 1 aromatic heterocycles. The number of aromatic nitrogens is 1. The second-order valence-corrected chi connectivity index (χ2v) is 7.00. The van der Waals surface area contributed by atoms with Crippen LogP contribution in [0.5, 0.6) is 0 Å². The highest BCUT2D eigenvalue weighted by Gasteiger charge is 2.29. The van der Waals surface area contributed by atoms with Crippen molar-refractivity contribution in [2.75, 3.05) is 39.4 Å². The van der Waals surface area contributed by atoms with Gasteiger partial charge in [-0.2, -0.15) is 0 Å². The lowest BCUT2D eigenvalue weighted by Gasteiger charge is -2.35. The second-order valence-electron chi connectivity index (χ2n) is 7.00. The molecule has 138 valence electrons. The number of carbonyl (C=O) groups is 1. The minimum absolute atomic E-state index is 0.154. The zero-order chi connectivity index (χ0) is 17.8. The number of morpholine rings is 1. The van der Waals surface area contributed by atoms with E-state index in [1.54, 1.807) is 6.26 Å². The first-order valence-corrected chi connectivity index (χ1v) is 9.38. The molecule has 0 unspecified atom stereocenters. The number of hydrogen-bond donors (Lipinski definition) is 0. The van der Waals surface area contributed by atoms with Gasteiger partial charge in [0.25, 0.3) is 0 Å². The van der Waals surface area contributed by atoms with Crippen LogP contribution in [0.25, 0.3) is 11.5 Å². The maximum atomic E-state index is 12.6. The molecule has 6 nitrogen and oxygen atoms in total. The zero-order valence-corrected chi connectivity index (χ0v) is 15.0. The van der Waals surface area contributed by atoms with Crippen molar-refractivity contribution in [3.8, 4) is 11.5 Å². The molecule has 6 heteroatoms. The number of likely N-dealkylation sites (tertiary alicyclic amines) is 1. The number of ether oxygens (including phenoxy) is 1. The minimum atomic E-state index is 0.154. The van der Waals surface area contributed by atoms with Crippen LogP contribution in [0.2, 0.25) is 0 Å². The first kappa shape index (κ1) is 17.2. The number of carbonyl (C=O) groups excluding carboxylic acids is 1. The van der Waals surface area contributed by atoms with E-state index in [9.17, 15) is 4.79 Å². The van der Waals surface area contributed by atoms with E-state index in [1.807, 2.05) is 35.2 Å². The predicted molar refractivity (Wildman–Crippen MR) is 97.3 cm³/mol. The lowest BCUT2D eigenvalue weighted by atomic mass is 9.95. The van der Waals surface area contributed by atoms with Crippen molar-refractivity contribution in [1.29, 1.82) is 0 Å². The summed E-state index contributed by atoms with van der Waals surface area (Å²) in [6, 6.07) is 9.94. The largest absolute Gasteiger partial charge is 0.444 e. The summed E-state index contributed by atoms with van der Waals surface area (Å²) >= 11 is 0. The van der Waals surface area contributed by atoms with Gasteiger partial charge in [0.1, 0.15) is 6.26 Å². The number of benzene rings is 1. The van der Waals surface area contributed by atoms with Crippen molar-refractivity contribution >= 4 is 5.91 Å². The SMILES string of the molecule is O=C(C1CCN(Cc2coc(-c3ccccc3)n2)CC1)N1CCOCC1. The van der Waals surface area contributed by atoms with E-state index in [4.69, 9.17) is 9.15 Å². The zero-order valence-electron chi connectivity index (χ0n) is 15.0. The molecule has 26 heavy (non-hydrogen) atoms. The third kappa shape index (κ3) is 3.97. The van der Waals surface area contributed by atoms with Crippen molar-refractivity contribution < 1.29 is 13.9 Å². The van der Waals surface area contributed by atoms with Crippen LogP contribution >= 0.6 is 0 Å². The number of nitrogens with zero attached hydrogens (tertiary/aromatic N) is 3. The summed E-state index contributed by atoms with van der Waals surface area (Å²) in [6.07, 6.45) is 3.58. The van der Waals surface area contributed by atoms with Gasteiger partial charge in [-0.3, -0.25) is 9.69 Å². The van der Waals surface area contributed by atoms with Crippen LogP contribution in [0.15, 0.2) is 41.0 Å². The minimum Gasteiger partial charge on any atom is -0.444 e. The second kappa shape index (κ2) is 8.01. The van der Waals surface area contributed by atoms with Crippen molar-refractivity contribution in [3.05, 3.63) is 42.3 Å². The van der Waals surface area contributed by atoms with Crippen LogP contribution in [0.4, 0.5) is 0 Å². The monoisotopic (exact) mass is 355 g/mol. The van der Waals surface area contributed by atoms with E-state index >= 15 is 0 Å². The quantitative estimate of drug-likeness (QED) is 0.843. The highest BCUT2D eigenvalue weighted by atomic mass is 16.5. The van der Waals surface area contributed by atoms with Gasteiger partial charge in [-0.25, -0.2) is 4.98 Å². The summed E-state index contributed by atoms with van der Waals surface area (Å²) in [5.74, 6) is 1.13. The van der Waals surface area contributed by atoms with Gasteiger partial charge in [0.2, 0.25) is 11.8 Å². The van der Waals surface area contributed by atoms with E-state index in [0.717, 1.165) is 56.8 Å². The highest BCUT2D eigenvalue weighted by Crippen LogP contribution is 2.23. The lowest BCUT2D eigenvalue weighted by molar-refractivity contribution is -0.141. The third-order valence-corrected chi connectivity index (χ3v) is 5.22. The van der Waals surface area contributed by atoms with Crippen molar-refractivity contribution in [1.82, 2.24) is 14.8 Å². The summed E-state index contributed by atoms with van der Waals surface area (Å²) in [7, 11) is 0. The fraction of sp³-hybridized carbons (Fsp3) is 0.500. The van der Waals surface area contributed by atoms with Crippen LogP contribution < -0.4 is 0 Å². The fourth-order valence-electron chi connectivity index (χ4n) is 3.70. The Labute approximate surface area is 153 Å². The Hall–Kier alpha value is -2.18. The first-order chi connectivity index (χ1) is 12.8. The molecule has 1 aromatic carbocycles. The van der Waals surface area contributed by atoms with Gasteiger partial charge in [-0.15, -0.1) is 0 Å². The number of amides is 1. The summed E-state index contributed by atoms with van der Waals surface area (Å²) in [5, 5.41) is 0. The highest BCUT2D eigenvalue weighted by molar-refractivity contribution is 5.79. The summed E-state index contributed by atoms with van der Waals surface area (Å²) in [5.41, 5.74) is 1.94. The van der Waals surface area contributed by atoms with Crippen LogP contribution in [0.3, 0.4) is 0 Å². The summed E-state index contributed by atoms with van der Waals surface area (Å²) < 4.78 is 11.0. The number of hydrogen-bond acceptors (Lipinski definition) is 5. The van der Waals surface area contributed by atoms with Gasteiger partial charge in [-0.1, -0.05) is 18.2 Å². The van der Waals surface area contributed by atoms with Gasteiger partial charge in [-0.05, 0) is 38.1 Å². The maximum Gasteiger partial charge on any atom is 0.226 e. The van der Waals surface area contributed by atoms with E-state index in [0.29, 0.717) is 25.0 Å². The molecule has 0 saturated carbocycles. The predicted octanol–water partition coefficient (Wildman–Crippen LogP) is 2.41. The van der Waals surface area contributed by atoms with Gasteiger partial charge in [0.15, 0.2) is 0 Å². The van der Waals surface area contributed by atoms with Crippen LogP contribution in [0, 0.1) is 5.92 Å². The smallest absolute Gasteiger partial charge is 0.226 e. The summed E-state index contributed by atoms with van der Waals surface area (Å²) in [4.78, 5) is 21.5. The average molecular weight is 355 g/mol. The normalized spacial score (nSPS) is 19.6. The topological polar surface area (TPSA) is 58.8 Å². The van der Waals surface area contributed by atoms with Crippen LogP contribution in [-0.2, 0) is 16.1 Å². The molecule has 0 atom stereocenters. The molecule has 3 heterocycles. The molecule has 0 spiro atoms. The Balaban J connectivity index is 1.29. The van der Waals surface area contributed by atoms with Gasteiger partial charge in [0.05, 0.1) is 18.9 Å².